The molecule has 1 aromatic carbocycles. The van der Waals surface area contributed by atoms with Crippen molar-refractivity contribution in [1.82, 2.24) is 20.3 Å². The number of nitrogens with one attached hydrogen (secondary N) is 1. The number of rotatable bonds is 4. The number of carbonyl (C=O) groups is 1. The van der Waals surface area contributed by atoms with Crippen LogP contribution >= 0.6 is 11.6 Å². The van der Waals surface area contributed by atoms with Crippen LogP contribution in [0.1, 0.15) is 41.7 Å². The van der Waals surface area contributed by atoms with E-state index >= 15 is 0 Å². The van der Waals surface area contributed by atoms with Gasteiger partial charge in [0.25, 0.3) is 5.91 Å². The van der Waals surface area contributed by atoms with Gasteiger partial charge in [0.05, 0.1) is 22.9 Å². The Balaban J connectivity index is 1.49. The molecule has 0 bridgehead atoms. The second-order valence-electron chi connectivity index (χ2n) is 6.04. The molecule has 8 heteroatoms. The van der Waals surface area contributed by atoms with Crippen molar-refractivity contribution in [2.24, 2.45) is 7.05 Å². The Labute approximate surface area is 150 Å². The van der Waals surface area contributed by atoms with Crippen LogP contribution in [0.15, 0.2) is 24.4 Å². The van der Waals surface area contributed by atoms with E-state index in [2.05, 4.69) is 15.5 Å². The van der Waals surface area contributed by atoms with Crippen molar-refractivity contribution in [1.29, 1.82) is 5.26 Å². The first-order chi connectivity index (χ1) is 12.0. The molecule has 1 saturated carbocycles. The van der Waals surface area contributed by atoms with E-state index in [1.54, 1.807) is 25.2 Å². The first-order valence-electron chi connectivity index (χ1n) is 8.08. The molecule has 1 heterocycles. The van der Waals surface area contributed by atoms with Crippen molar-refractivity contribution in [3.8, 4) is 11.8 Å². The highest BCUT2D eigenvalue weighted by atomic mass is 35.5. The summed E-state index contributed by atoms with van der Waals surface area (Å²) in [5.41, 5.74) is 0.762. The van der Waals surface area contributed by atoms with Gasteiger partial charge in [0.15, 0.2) is 5.69 Å². The fourth-order valence-electron chi connectivity index (χ4n) is 2.89. The first-order valence-corrected chi connectivity index (χ1v) is 8.46. The lowest BCUT2D eigenvalue weighted by molar-refractivity contribution is 0.0888. The molecule has 0 saturated heterocycles. The van der Waals surface area contributed by atoms with Crippen LogP contribution in [0, 0.1) is 11.3 Å². The highest BCUT2D eigenvalue weighted by Gasteiger charge is 2.24. The van der Waals surface area contributed by atoms with E-state index in [1.165, 1.54) is 11.0 Å². The molecule has 130 valence electrons. The second kappa shape index (κ2) is 7.53. The summed E-state index contributed by atoms with van der Waals surface area (Å²) < 4.78 is 5.94. The molecule has 0 spiro atoms. The minimum Gasteiger partial charge on any atom is -0.490 e. The molecule has 1 fully saturated rings. The predicted molar refractivity (Wildman–Crippen MR) is 91.3 cm³/mol. The quantitative estimate of drug-likeness (QED) is 0.905. The molecule has 7 nitrogen and oxygen atoms in total. The zero-order valence-electron chi connectivity index (χ0n) is 13.8. The molecular weight excluding hydrogens is 342 g/mol. The van der Waals surface area contributed by atoms with Gasteiger partial charge < -0.3 is 10.1 Å². The molecule has 0 atom stereocenters. The van der Waals surface area contributed by atoms with Gasteiger partial charge >= 0.3 is 0 Å². The number of carbonyl (C=O) groups excluding carboxylic acids is 1. The van der Waals surface area contributed by atoms with Crippen LogP contribution in [0.3, 0.4) is 0 Å². The van der Waals surface area contributed by atoms with Gasteiger partial charge in [-0.25, -0.2) is 0 Å². The molecule has 2 aromatic rings. The number of nitriles is 1. The van der Waals surface area contributed by atoms with E-state index in [-0.39, 0.29) is 18.1 Å². The van der Waals surface area contributed by atoms with Crippen LogP contribution in [-0.2, 0) is 7.05 Å². The Hall–Kier alpha value is -2.59. The summed E-state index contributed by atoms with van der Waals surface area (Å²) in [6, 6.07) is 7.22. The summed E-state index contributed by atoms with van der Waals surface area (Å²) in [4.78, 5) is 13.5. The van der Waals surface area contributed by atoms with Crippen LogP contribution in [0.5, 0.6) is 5.75 Å². The lowest BCUT2D eigenvalue weighted by Gasteiger charge is -2.29. The van der Waals surface area contributed by atoms with Crippen LogP contribution in [-0.4, -0.2) is 33.0 Å². The average molecular weight is 360 g/mol. The third-order valence-corrected chi connectivity index (χ3v) is 4.52. The van der Waals surface area contributed by atoms with E-state index in [0.29, 0.717) is 22.0 Å². The average Bonchev–Trinajstić information content (AvgIpc) is 3.03. The minimum atomic E-state index is -0.198. The number of aromatic nitrogens is 3. The van der Waals surface area contributed by atoms with Gasteiger partial charge in [-0.05, 0) is 37.8 Å². The third-order valence-electron chi connectivity index (χ3n) is 4.21. The highest BCUT2D eigenvalue weighted by molar-refractivity contribution is 6.31. The van der Waals surface area contributed by atoms with E-state index in [0.717, 1.165) is 25.7 Å². The molecule has 25 heavy (non-hydrogen) atoms. The number of halogens is 1. The molecule has 1 aliphatic carbocycles. The van der Waals surface area contributed by atoms with Crippen molar-refractivity contribution in [2.45, 2.75) is 37.8 Å². The van der Waals surface area contributed by atoms with E-state index in [9.17, 15) is 4.79 Å². The lowest BCUT2D eigenvalue weighted by Crippen LogP contribution is -2.39. The number of ether oxygens (including phenoxy) is 1. The van der Waals surface area contributed by atoms with E-state index in [4.69, 9.17) is 21.6 Å². The molecule has 0 radical (unpaired) electrons. The van der Waals surface area contributed by atoms with Crippen molar-refractivity contribution in [3.05, 3.63) is 40.7 Å². The summed E-state index contributed by atoms with van der Waals surface area (Å²) in [5, 5.41) is 20.2. The maximum Gasteiger partial charge on any atom is 0.273 e. The zero-order chi connectivity index (χ0) is 17.8. The standard InChI is InChI=1S/C17H18ClN5O2/c1-23-20-10-16(22-23)17(24)21-12-3-6-13(7-4-12)25-14-5-2-11(9-19)15(18)8-14/h2,5,8,10,12-13H,3-4,6-7H2,1H3,(H,21,24)/t12-,13-. The summed E-state index contributed by atoms with van der Waals surface area (Å²) in [6.45, 7) is 0. The molecular formula is C17H18ClN5O2. The van der Waals surface area contributed by atoms with Crippen molar-refractivity contribution >= 4 is 17.5 Å². The van der Waals surface area contributed by atoms with Crippen LogP contribution in [0.2, 0.25) is 5.02 Å². The molecule has 0 unspecified atom stereocenters. The van der Waals surface area contributed by atoms with E-state index in [1.807, 2.05) is 6.07 Å². The van der Waals surface area contributed by atoms with Crippen molar-refractivity contribution in [3.63, 3.8) is 0 Å². The molecule has 0 aliphatic heterocycles. The van der Waals surface area contributed by atoms with Crippen LogP contribution < -0.4 is 10.1 Å². The van der Waals surface area contributed by atoms with E-state index < -0.39 is 0 Å². The minimum absolute atomic E-state index is 0.0775. The summed E-state index contributed by atoms with van der Waals surface area (Å²) in [7, 11) is 1.68. The summed E-state index contributed by atoms with van der Waals surface area (Å²) >= 11 is 6.02. The van der Waals surface area contributed by atoms with Crippen LogP contribution in [0.25, 0.3) is 0 Å². The Morgan fingerprint density at radius 1 is 1.40 bits per heavy atom. The van der Waals surface area contributed by atoms with Gasteiger partial charge in [0.1, 0.15) is 11.8 Å². The summed E-state index contributed by atoms with van der Waals surface area (Å²) in [6.07, 6.45) is 4.88. The number of amides is 1. The Kier molecular flexibility index (Phi) is 5.19. The second-order valence-corrected chi connectivity index (χ2v) is 6.44. The van der Waals surface area contributed by atoms with Gasteiger partial charge in [-0.2, -0.15) is 15.2 Å². The zero-order valence-corrected chi connectivity index (χ0v) is 14.5. The molecule has 1 amide bonds. The van der Waals surface area contributed by atoms with Gasteiger partial charge in [-0.15, -0.1) is 5.10 Å². The first kappa shape index (κ1) is 17.2. The monoisotopic (exact) mass is 359 g/mol. The maximum atomic E-state index is 12.1. The number of hydrogen-bond acceptors (Lipinski definition) is 5. The number of aryl methyl sites for hydroxylation is 1. The Morgan fingerprint density at radius 2 is 2.16 bits per heavy atom. The Morgan fingerprint density at radius 3 is 2.76 bits per heavy atom. The van der Waals surface area contributed by atoms with Gasteiger partial charge in [0, 0.05) is 19.2 Å². The molecule has 1 aromatic heterocycles. The lowest BCUT2D eigenvalue weighted by atomic mass is 9.93. The molecule has 3 rings (SSSR count). The number of nitrogens with zero attached hydrogens (tertiary/aromatic N) is 4. The normalized spacial score (nSPS) is 19.9. The summed E-state index contributed by atoms with van der Waals surface area (Å²) in [5.74, 6) is 0.465. The van der Waals surface area contributed by atoms with Crippen LogP contribution in [0.4, 0.5) is 0 Å². The molecule has 1 N–H and O–H groups in total. The smallest absolute Gasteiger partial charge is 0.273 e. The SMILES string of the molecule is Cn1ncc(C(=O)N[C@H]2CC[C@H](Oc3ccc(C#N)c(Cl)c3)CC2)n1. The number of hydrogen-bond donors (Lipinski definition) is 1. The predicted octanol–water partition coefficient (Wildman–Crippen LogP) is 2.46. The fraction of sp³-hybridized carbons (Fsp3) is 0.412. The number of benzene rings is 1. The van der Waals surface area contributed by atoms with Gasteiger partial charge in [-0.3, -0.25) is 4.79 Å². The van der Waals surface area contributed by atoms with Gasteiger partial charge in [0.2, 0.25) is 0 Å². The Bertz CT molecular complexity index is 806. The fourth-order valence-corrected chi connectivity index (χ4v) is 3.10. The maximum absolute atomic E-state index is 12.1. The topological polar surface area (TPSA) is 92.8 Å². The molecule has 1 aliphatic rings. The van der Waals surface area contributed by atoms with Crippen molar-refractivity contribution < 1.29 is 9.53 Å². The third kappa shape index (κ3) is 4.28. The van der Waals surface area contributed by atoms with Gasteiger partial charge in [-0.1, -0.05) is 11.6 Å². The van der Waals surface area contributed by atoms with Crippen molar-refractivity contribution in [2.75, 3.05) is 0 Å². The highest BCUT2D eigenvalue weighted by Crippen LogP contribution is 2.27. The largest absolute Gasteiger partial charge is 0.490 e.